The number of urea groups is 1. The van der Waals surface area contributed by atoms with E-state index in [0.29, 0.717) is 45.6 Å². The molecule has 0 aromatic rings. The summed E-state index contributed by atoms with van der Waals surface area (Å²) < 4.78 is 5.58. The molecule has 0 atom stereocenters. The van der Waals surface area contributed by atoms with Crippen molar-refractivity contribution in [1.82, 2.24) is 20.4 Å². The molecule has 2 N–H and O–H groups in total. The number of amides is 3. The smallest absolute Gasteiger partial charge is 0.317 e. The van der Waals surface area contributed by atoms with E-state index in [1.807, 2.05) is 11.8 Å². The second kappa shape index (κ2) is 7.09. The van der Waals surface area contributed by atoms with Crippen LogP contribution in [0.15, 0.2) is 0 Å². The first-order valence-corrected chi connectivity index (χ1v) is 7.71. The van der Waals surface area contributed by atoms with Gasteiger partial charge in [0, 0.05) is 39.8 Å². The maximum atomic E-state index is 12.8. The number of rotatable bonds is 3. The molecule has 0 spiro atoms. The Balaban J connectivity index is 1.91. The van der Waals surface area contributed by atoms with Crippen molar-refractivity contribution < 1.29 is 14.3 Å². The lowest BCUT2D eigenvalue weighted by Crippen LogP contribution is -2.60. The van der Waals surface area contributed by atoms with E-state index >= 15 is 0 Å². The molecule has 2 aliphatic heterocycles. The molecular weight excluding hydrogens is 272 g/mol. The lowest BCUT2D eigenvalue weighted by atomic mass is 9.90. The van der Waals surface area contributed by atoms with Crippen molar-refractivity contribution in [2.24, 2.45) is 0 Å². The largest absolute Gasteiger partial charge is 0.368 e. The highest BCUT2D eigenvalue weighted by Crippen LogP contribution is 2.25. The second-order valence-corrected chi connectivity index (χ2v) is 5.56. The number of carbonyl (C=O) groups excluding carboxylic acids is 2. The SMILES string of the molecule is CCNC(=O)N1CCN(C(=O)C2(OC)CCNCC2)CC1. The van der Waals surface area contributed by atoms with Crippen LogP contribution in [-0.2, 0) is 9.53 Å². The maximum absolute atomic E-state index is 12.8. The lowest BCUT2D eigenvalue weighted by Gasteiger charge is -2.42. The Hall–Kier alpha value is -1.34. The van der Waals surface area contributed by atoms with Crippen LogP contribution in [0.4, 0.5) is 4.79 Å². The average Bonchev–Trinajstić information content (AvgIpc) is 2.55. The molecule has 3 amide bonds. The first kappa shape index (κ1) is 16.0. The molecule has 0 aromatic heterocycles. The predicted molar refractivity (Wildman–Crippen MR) is 79.1 cm³/mol. The Kier molecular flexibility index (Phi) is 5.41. The van der Waals surface area contributed by atoms with Crippen molar-refractivity contribution in [2.45, 2.75) is 25.4 Å². The third kappa shape index (κ3) is 3.47. The third-order valence-electron chi connectivity index (χ3n) is 4.37. The standard InChI is InChI=1S/C14H26N4O3/c1-3-16-13(20)18-10-8-17(9-11-18)12(19)14(21-2)4-6-15-7-5-14/h15H,3-11H2,1-2H3,(H,16,20). The number of nitrogens with zero attached hydrogens (tertiary/aromatic N) is 2. The van der Waals surface area contributed by atoms with Crippen LogP contribution in [0.2, 0.25) is 0 Å². The normalized spacial score (nSPS) is 22.0. The summed E-state index contributed by atoms with van der Waals surface area (Å²) >= 11 is 0. The topological polar surface area (TPSA) is 73.9 Å². The van der Waals surface area contributed by atoms with Crippen molar-refractivity contribution >= 4 is 11.9 Å². The molecular formula is C14H26N4O3. The molecule has 0 unspecified atom stereocenters. The van der Waals surface area contributed by atoms with Gasteiger partial charge < -0.3 is 25.2 Å². The molecule has 120 valence electrons. The second-order valence-electron chi connectivity index (χ2n) is 5.56. The zero-order valence-corrected chi connectivity index (χ0v) is 13.0. The summed E-state index contributed by atoms with van der Waals surface area (Å²) in [4.78, 5) is 28.1. The van der Waals surface area contributed by atoms with E-state index in [4.69, 9.17) is 4.74 Å². The van der Waals surface area contributed by atoms with E-state index in [0.717, 1.165) is 13.1 Å². The highest BCUT2D eigenvalue weighted by atomic mass is 16.5. The minimum atomic E-state index is -0.681. The van der Waals surface area contributed by atoms with E-state index in [1.165, 1.54) is 0 Å². The molecule has 2 rings (SSSR count). The molecule has 0 aromatic carbocycles. The monoisotopic (exact) mass is 298 g/mol. The van der Waals surface area contributed by atoms with Gasteiger partial charge in [0.2, 0.25) is 0 Å². The van der Waals surface area contributed by atoms with Gasteiger partial charge in [-0.15, -0.1) is 0 Å². The van der Waals surface area contributed by atoms with Crippen LogP contribution in [0, 0.1) is 0 Å². The van der Waals surface area contributed by atoms with Gasteiger partial charge in [-0.05, 0) is 32.9 Å². The number of piperazine rings is 1. The summed E-state index contributed by atoms with van der Waals surface area (Å²) in [5.41, 5.74) is -0.681. The number of piperidine rings is 1. The zero-order valence-electron chi connectivity index (χ0n) is 13.0. The lowest BCUT2D eigenvalue weighted by molar-refractivity contribution is -0.159. The van der Waals surface area contributed by atoms with E-state index in [9.17, 15) is 9.59 Å². The zero-order chi connectivity index (χ0) is 15.3. The van der Waals surface area contributed by atoms with Crippen LogP contribution in [0.3, 0.4) is 0 Å². The van der Waals surface area contributed by atoms with Gasteiger partial charge in [-0.3, -0.25) is 4.79 Å². The summed E-state index contributed by atoms with van der Waals surface area (Å²) in [7, 11) is 1.62. The minimum Gasteiger partial charge on any atom is -0.368 e. The number of hydrogen-bond donors (Lipinski definition) is 2. The molecule has 2 aliphatic rings. The number of methoxy groups -OCH3 is 1. The van der Waals surface area contributed by atoms with Crippen molar-refractivity contribution in [2.75, 3.05) is 52.9 Å². The van der Waals surface area contributed by atoms with Crippen LogP contribution in [0.25, 0.3) is 0 Å². The summed E-state index contributed by atoms with van der Waals surface area (Å²) in [6.45, 7) is 6.44. The van der Waals surface area contributed by atoms with Crippen molar-refractivity contribution in [1.29, 1.82) is 0 Å². The summed E-state index contributed by atoms with van der Waals surface area (Å²) in [5, 5.41) is 6.05. The van der Waals surface area contributed by atoms with Crippen LogP contribution in [0.5, 0.6) is 0 Å². The van der Waals surface area contributed by atoms with Gasteiger partial charge in [-0.2, -0.15) is 0 Å². The van der Waals surface area contributed by atoms with E-state index in [1.54, 1.807) is 12.0 Å². The van der Waals surface area contributed by atoms with E-state index in [-0.39, 0.29) is 11.9 Å². The van der Waals surface area contributed by atoms with Gasteiger partial charge >= 0.3 is 6.03 Å². The molecule has 7 nitrogen and oxygen atoms in total. The fourth-order valence-corrected chi connectivity index (χ4v) is 3.00. The van der Waals surface area contributed by atoms with Crippen molar-refractivity contribution in [3.63, 3.8) is 0 Å². The fraction of sp³-hybridized carbons (Fsp3) is 0.857. The molecule has 21 heavy (non-hydrogen) atoms. The quantitative estimate of drug-likeness (QED) is 0.745. The molecule has 0 bridgehead atoms. The van der Waals surface area contributed by atoms with Gasteiger partial charge in [0.05, 0.1) is 0 Å². The summed E-state index contributed by atoms with van der Waals surface area (Å²) in [6, 6.07) is -0.0482. The molecule has 2 saturated heterocycles. The van der Waals surface area contributed by atoms with Crippen molar-refractivity contribution in [3.8, 4) is 0 Å². The molecule has 2 fully saturated rings. The van der Waals surface area contributed by atoms with Gasteiger partial charge in [0.25, 0.3) is 5.91 Å². The Bertz CT molecular complexity index is 374. The first-order valence-electron chi connectivity index (χ1n) is 7.71. The average molecular weight is 298 g/mol. The van der Waals surface area contributed by atoms with Crippen LogP contribution in [0.1, 0.15) is 19.8 Å². The molecule has 0 radical (unpaired) electrons. The summed E-state index contributed by atoms with van der Waals surface area (Å²) in [5.74, 6) is 0.0713. The fourth-order valence-electron chi connectivity index (χ4n) is 3.00. The Morgan fingerprint density at radius 3 is 2.24 bits per heavy atom. The maximum Gasteiger partial charge on any atom is 0.317 e. The number of hydrogen-bond acceptors (Lipinski definition) is 4. The van der Waals surface area contributed by atoms with Gasteiger partial charge in [-0.25, -0.2) is 4.79 Å². The van der Waals surface area contributed by atoms with Gasteiger partial charge in [-0.1, -0.05) is 0 Å². The predicted octanol–water partition coefficient (Wildman–Crippen LogP) is -0.371. The molecule has 0 saturated carbocycles. The number of carbonyl (C=O) groups is 2. The first-order chi connectivity index (χ1) is 10.1. The van der Waals surface area contributed by atoms with Crippen LogP contribution < -0.4 is 10.6 Å². The highest BCUT2D eigenvalue weighted by Gasteiger charge is 2.43. The highest BCUT2D eigenvalue weighted by molar-refractivity contribution is 5.86. The van der Waals surface area contributed by atoms with E-state index in [2.05, 4.69) is 10.6 Å². The third-order valence-corrected chi connectivity index (χ3v) is 4.37. The molecule has 7 heteroatoms. The minimum absolute atomic E-state index is 0.0482. The Morgan fingerprint density at radius 1 is 1.14 bits per heavy atom. The van der Waals surface area contributed by atoms with Gasteiger partial charge in [0.15, 0.2) is 0 Å². The molecule has 2 heterocycles. The molecule has 0 aliphatic carbocycles. The number of nitrogens with one attached hydrogen (secondary N) is 2. The Labute approximate surface area is 126 Å². The number of ether oxygens (including phenoxy) is 1. The summed E-state index contributed by atoms with van der Waals surface area (Å²) in [6.07, 6.45) is 1.41. The van der Waals surface area contributed by atoms with Gasteiger partial charge in [0.1, 0.15) is 5.60 Å². The van der Waals surface area contributed by atoms with Crippen molar-refractivity contribution in [3.05, 3.63) is 0 Å². The van der Waals surface area contributed by atoms with E-state index < -0.39 is 5.60 Å². The van der Waals surface area contributed by atoms with Crippen LogP contribution in [-0.4, -0.2) is 80.3 Å². The van der Waals surface area contributed by atoms with Crippen LogP contribution >= 0.6 is 0 Å². The Morgan fingerprint density at radius 2 is 1.71 bits per heavy atom.